The second-order valence-electron chi connectivity index (χ2n) is 4.88. The van der Waals surface area contributed by atoms with Crippen LogP contribution in [0.3, 0.4) is 0 Å². The normalized spacial score (nSPS) is 15.7. The molecule has 0 unspecified atom stereocenters. The number of halogens is 1. The molecule has 1 N–H and O–H groups in total. The average Bonchev–Trinajstić information content (AvgIpc) is 3.16. The lowest BCUT2D eigenvalue weighted by Gasteiger charge is -2.18. The third kappa shape index (κ3) is 3.12. The first-order valence-corrected chi connectivity index (χ1v) is 6.49. The van der Waals surface area contributed by atoms with Crippen molar-refractivity contribution in [3.63, 3.8) is 0 Å². The number of aliphatic hydroxyl groups excluding tert-OH is 1. The summed E-state index contributed by atoms with van der Waals surface area (Å²) >= 11 is 5.94. The molecule has 2 rings (SSSR count). The van der Waals surface area contributed by atoms with Crippen LogP contribution in [-0.2, 0) is 6.61 Å². The van der Waals surface area contributed by atoms with Gasteiger partial charge in [-0.05, 0) is 18.9 Å². The van der Waals surface area contributed by atoms with Gasteiger partial charge in [0.1, 0.15) is 0 Å². The number of nitrogens with zero attached hydrogens (tertiary/aromatic N) is 1. The molecule has 0 saturated heterocycles. The Morgan fingerprint density at radius 2 is 2.21 bits per heavy atom. The van der Waals surface area contributed by atoms with Crippen molar-refractivity contribution >= 4 is 11.6 Å². The molecule has 0 radical (unpaired) electrons. The van der Waals surface area contributed by atoms with Crippen molar-refractivity contribution in [2.75, 3.05) is 13.7 Å². The second kappa shape index (κ2) is 5.68. The summed E-state index contributed by atoms with van der Waals surface area (Å²) in [6.45, 7) is 0.295. The molecule has 0 aliphatic heterocycles. The highest BCUT2D eigenvalue weighted by molar-refractivity contribution is 6.30. The number of ether oxygens (including phenoxy) is 2. The lowest BCUT2D eigenvalue weighted by Crippen LogP contribution is -2.14. The average molecular weight is 282 g/mol. The van der Waals surface area contributed by atoms with Crippen LogP contribution < -0.4 is 9.47 Å². The van der Waals surface area contributed by atoms with E-state index in [9.17, 15) is 5.11 Å². The third-order valence-electron chi connectivity index (χ3n) is 3.42. The molecule has 0 amide bonds. The van der Waals surface area contributed by atoms with Crippen molar-refractivity contribution in [3.05, 3.63) is 22.7 Å². The number of methoxy groups -OCH3 is 1. The van der Waals surface area contributed by atoms with Gasteiger partial charge in [-0.25, -0.2) is 0 Å². The molecule has 0 atom stereocenters. The lowest BCUT2D eigenvalue weighted by molar-refractivity contribution is 0.214. The minimum absolute atomic E-state index is 0.0217. The summed E-state index contributed by atoms with van der Waals surface area (Å²) in [5, 5.41) is 18.6. The molecule has 1 saturated carbocycles. The van der Waals surface area contributed by atoms with E-state index in [1.54, 1.807) is 12.1 Å². The van der Waals surface area contributed by atoms with E-state index in [1.807, 2.05) is 0 Å². The van der Waals surface area contributed by atoms with Crippen LogP contribution >= 0.6 is 11.6 Å². The Balaban J connectivity index is 2.17. The molecule has 0 aromatic heterocycles. The van der Waals surface area contributed by atoms with Gasteiger partial charge in [0.25, 0.3) is 0 Å². The van der Waals surface area contributed by atoms with Crippen LogP contribution in [0.15, 0.2) is 12.1 Å². The van der Waals surface area contributed by atoms with Gasteiger partial charge in [-0.15, -0.1) is 0 Å². The Hall–Kier alpha value is -1.44. The molecule has 102 valence electrons. The maximum Gasteiger partial charge on any atom is 0.166 e. The van der Waals surface area contributed by atoms with Crippen LogP contribution in [0.5, 0.6) is 11.5 Å². The van der Waals surface area contributed by atoms with Crippen LogP contribution in [0, 0.1) is 16.7 Å². The summed E-state index contributed by atoms with van der Waals surface area (Å²) in [4.78, 5) is 0. The summed E-state index contributed by atoms with van der Waals surface area (Å²) < 4.78 is 11.0. The molecule has 1 aromatic rings. The summed E-state index contributed by atoms with van der Waals surface area (Å²) in [6.07, 6.45) is 2.51. The zero-order chi connectivity index (χ0) is 13.9. The van der Waals surface area contributed by atoms with Crippen LogP contribution in [0.1, 0.15) is 24.8 Å². The van der Waals surface area contributed by atoms with Crippen LogP contribution in [0.4, 0.5) is 0 Å². The highest BCUT2D eigenvalue weighted by Gasteiger charge is 2.43. The van der Waals surface area contributed by atoms with Gasteiger partial charge in [-0.3, -0.25) is 0 Å². The van der Waals surface area contributed by atoms with E-state index in [4.69, 9.17) is 26.3 Å². The van der Waals surface area contributed by atoms with Crippen molar-refractivity contribution in [1.29, 1.82) is 5.26 Å². The quantitative estimate of drug-likeness (QED) is 0.871. The highest BCUT2D eigenvalue weighted by atomic mass is 35.5. The van der Waals surface area contributed by atoms with E-state index >= 15 is 0 Å². The molecule has 19 heavy (non-hydrogen) atoms. The maximum absolute atomic E-state index is 9.36. The highest BCUT2D eigenvalue weighted by Crippen LogP contribution is 2.49. The zero-order valence-electron chi connectivity index (χ0n) is 10.8. The molecule has 0 spiro atoms. The molecule has 1 aliphatic carbocycles. The smallest absolute Gasteiger partial charge is 0.166 e. The van der Waals surface area contributed by atoms with Gasteiger partial charge in [-0.2, -0.15) is 5.26 Å². The van der Waals surface area contributed by atoms with Gasteiger partial charge in [0.15, 0.2) is 11.5 Å². The fraction of sp³-hybridized carbons (Fsp3) is 0.500. The fourth-order valence-electron chi connectivity index (χ4n) is 2.00. The predicted octanol–water partition coefficient (Wildman–Crippen LogP) is 2.91. The number of nitriles is 1. The van der Waals surface area contributed by atoms with Crippen molar-refractivity contribution in [1.82, 2.24) is 0 Å². The van der Waals surface area contributed by atoms with E-state index in [1.165, 1.54) is 7.11 Å². The van der Waals surface area contributed by atoms with Crippen molar-refractivity contribution in [3.8, 4) is 17.6 Å². The molecule has 4 nitrogen and oxygen atoms in total. The number of aliphatic hydroxyl groups is 1. The van der Waals surface area contributed by atoms with E-state index in [0.29, 0.717) is 35.1 Å². The van der Waals surface area contributed by atoms with Crippen molar-refractivity contribution in [2.24, 2.45) is 5.41 Å². The van der Waals surface area contributed by atoms with Crippen molar-refractivity contribution < 1.29 is 14.6 Å². The van der Waals surface area contributed by atoms with Gasteiger partial charge in [0, 0.05) is 28.5 Å². The molecular weight excluding hydrogens is 266 g/mol. The molecule has 5 heteroatoms. The second-order valence-corrected chi connectivity index (χ2v) is 5.31. The fourth-order valence-corrected chi connectivity index (χ4v) is 2.23. The monoisotopic (exact) mass is 281 g/mol. The first kappa shape index (κ1) is 14.0. The Morgan fingerprint density at radius 1 is 1.47 bits per heavy atom. The predicted molar refractivity (Wildman–Crippen MR) is 71.3 cm³/mol. The topological polar surface area (TPSA) is 62.5 Å². The SMILES string of the molecule is COc1cc(Cl)cc(CO)c1OCC1(CC#N)CC1. The Bertz CT molecular complexity index is 481. The summed E-state index contributed by atoms with van der Waals surface area (Å²) in [7, 11) is 1.53. The van der Waals surface area contributed by atoms with Crippen LogP contribution in [-0.4, -0.2) is 18.8 Å². The molecular formula is C14H16ClNO3. The molecule has 1 fully saturated rings. The number of rotatable bonds is 6. The summed E-state index contributed by atoms with van der Waals surface area (Å²) in [5.74, 6) is 1.02. The number of benzene rings is 1. The van der Waals surface area contributed by atoms with E-state index in [-0.39, 0.29) is 12.0 Å². The number of hydrogen-bond donors (Lipinski definition) is 1. The standard InChI is InChI=1S/C14H16ClNO3/c1-18-12-7-11(15)6-10(8-17)13(12)19-9-14(2-3-14)4-5-16/h6-7,17H,2-4,8-9H2,1H3. The van der Waals surface area contributed by atoms with Gasteiger partial charge in [-0.1, -0.05) is 11.6 Å². The van der Waals surface area contributed by atoms with Gasteiger partial charge in [0.05, 0.1) is 26.4 Å². The van der Waals surface area contributed by atoms with Crippen LogP contribution in [0.25, 0.3) is 0 Å². The molecule has 0 bridgehead atoms. The van der Waals surface area contributed by atoms with Gasteiger partial charge < -0.3 is 14.6 Å². The first-order chi connectivity index (χ1) is 9.14. The minimum atomic E-state index is -0.169. The first-order valence-electron chi connectivity index (χ1n) is 6.11. The number of hydrogen-bond acceptors (Lipinski definition) is 4. The molecule has 1 aromatic carbocycles. The van der Waals surface area contributed by atoms with Crippen LogP contribution in [0.2, 0.25) is 5.02 Å². The van der Waals surface area contributed by atoms with Gasteiger partial charge >= 0.3 is 0 Å². The Kier molecular flexibility index (Phi) is 4.18. The van der Waals surface area contributed by atoms with Gasteiger partial charge in [0.2, 0.25) is 0 Å². The molecule has 1 aliphatic rings. The third-order valence-corrected chi connectivity index (χ3v) is 3.64. The summed E-state index contributed by atoms with van der Waals surface area (Å²) in [5.41, 5.74) is 0.573. The van der Waals surface area contributed by atoms with E-state index in [0.717, 1.165) is 12.8 Å². The summed E-state index contributed by atoms with van der Waals surface area (Å²) in [6, 6.07) is 5.50. The lowest BCUT2D eigenvalue weighted by atomic mass is 10.1. The Morgan fingerprint density at radius 3 is 2.74 bits per heavy atom. The maximum atomic E-state index is 9.36. The van der Waals surface area contributed by atoms with E-state index in [2.05, 4.69) is 6.07 Å². The molecule has 0 heterocycles. The van der Waals surface area contributed by atoms with Crippen molar-refractivity contribution in [2.45, 2.75) is 25.9 Å². The zero-order valence-corrected chi connectivity index (χ0v) is 11.5. The van der Waals surface area contributed by atoms with E-state index < -0.39 is 0 Å². The minimum Gasteiger partial charge on any atom is -0.493 e. The Labute approximate surface area is 117 Å². The largest absolute Gasteiger partial charge is 0.493 e.